The minimum absolute atomic E-state index is 0.295. The van der Waals surface area contributed by atoms with Crippen molar-refractivity contribution in [3.63, 3.8) is 0 Å². The number of hydrogen-bond donors (Lipinski definition) is 0. The predicted molar refractivity (Wildman–Crippen MR) is 87.8 cm³/mol. The summed E-state index contributed by atoms with van der Waals surface area (Å²) in [6, 6.07) is 8.98. The van der Waals surface area contributed by atoms with E-state index in [0.29, 0.717) is 31.1 Å². The topological polar surface area (TPSA) is 29.5 Å². The minimum atomic E-state index is 0.295. The highest BCUT2D eigenvalue weighted by molar-refractivity contribution is 5.76. The van der Waals surface area contributed by atoms with Crippen molar-refractivity contribution >= 4 is 5.91 Å². The highest BCUT2D eigenvalue weighted by Crippen LogP contribution is 2.29. The highest BCUT2D eigenvalue weighted by atomic mass is 16.5. The molecule has 22 heavy (non-hydrogen) atoms. The maximum atomic E-state index is 12.6. The molecule has 0 aromatic heterocycles. The molecule has 2 atom stereocenters. The molecule has 1 saturated heterocycles. The molecule has 1 heterocycles. The van der Waals surface area contributed by atoms with Gasteiger partial charge in [-0.2, -0.15) is 0 Å². The lowest BCUT2D eigenvalue weighted by atomic mass is 9.90. The Morgan fingerprint density at radius 3 is 2.82 bits per heavy atom. The van der Waals surface area contributed by atoms with E-state index in [1.807, 2.05) is 0 Å². The van der Waals surface area contributed by atoms with Crippen LogP contribution in [0.1, 0.15) is 49.7 Å². The first-order chi connectivity index (χ1) is 10.7. The van der Waals surface area contributed by atoms with Gasteiger partial charge in [0.15, 0.2) is 0 Å². The molecular formula is C19H27NO2. The molecule has 0 radical (unpaired) electrons. The lowest BCUT2D eigenvalue weighted by Gasteiger charge is -2.43. The molecule has 0 N–H and O–H groups in total. The molecule has 1 aliphatic carbocycles. The maximum Gasteiger partial charge on any atom is 0.222 e. The summed E-state index contributed by atoms with van der Waals surface area (Å²) in [6.45, 7) is 3.60. The Bertz CT molecular complexity index is 495. The van der Waals surface area contributed by atoms with Crippen LogP contribution in [-0.2, 0) is 16.0 Å². The first kappa shape index (κ1) is 15.5. The molecule has 1 saturated carbocycles. The Labute approximate surface area is 133 Å². The van der Waals surface area contributed by atoms with Gasteiger partial charge in [0.2, 0.25) is 5.91 Å². The maximum absolute atomic E-state index is 12.6. The predicted octanol–water partition coefficient (Wildman–Crippen LogP) is 3.49. The standard InChI is InChI=1S/C19H27NO2/c1-15-9-11-16(12-10-15)5-4-8-19(21)20-13-14-22-18-7-3-2-6-17(18)20/h9-12,17-18H,2-8,13-14H2,1H3. The fourth-order valence-corrected chi connectivity index (χ4v) is 3.75. The molecule has 2 fully saturated rings. The van der Waals surface area contributed by atoms with Crippen molar-refractivity contribution in [3.05, 3.63) is 35.4 Å². The summed E-state index contributed by atoms with van der Waals surface area (Å²) in [5, 5.41) is 0. The second kappa shape index (κ2) is 7.28. The number of hydrogen-bond acceptors (Lipinski definition) is 2. The molecule has 1 aromatic carbocycles. The van der Waals surface area contributed by atoms with Crippen LogP contribution in [0.5, 0.6) is 0 Å². The van der Waals surface area contributed by atoms with Crippen molar-refractivity contribution in [2.75, 3.05) is 13.2 Å². The summed E-state index contributed by atoms with van der Waals surface area (Å²) in [5.41, 5.74) is 2.62. The van der Waals surface area contributed by atoms with E-state index in [1.165, 1.54) is 24.0 Å². The molecule has 2 aliphatic rings. The summed E-state index contributed by atoms with van der Waals surface area (Å²) in [7, 11) is 0. The first-order valence-electron chi connectivity index (χ1n) is 8.70. The molecule has 0 spiro atoms. The number of carbonyl (C=O) groups is 1. The van der Waals surface area contributed by atoms with Gasteiger partial charge in [0.25, 0.3) is 0 Å². The van der Waals surface area contributed by atoms with E-state index in [9.17, 15) is 4.79 Å². The molecule has 1 aliphatic heterocycles. The van der Waals surface area contributed by atoms with Gasteiger partial charge in [0, 0.05) is 13.0 Å². The van der Waals surface area contributed by atoms with Crippen LogP contribution in [0.2, 0.25) is 0 Å². The normalized spacial score (nSPS) is 24.9. The molecule has 3 nitrogen and oxygen atoms in total. The number of ether oxygens (including phenoxy) is 1. The number of nitrogens with zero attached hydrogens (tertiary/aromatic N) is 1. The summed E-state index contributed by atoms with van der Waals surface area (Å²) >= 11 is 0. The van der Waals surface area contributed by atoms with Crippen LogP contribution >= 0.6 is 0 Å². The van der Waals surface area contributed by atoms with Crippen molar-refractivity contribution in [1.82, 2.24) is 4.90 Å². The van der Waals surface area contributed by atoms with Crippen molar-refractivity contribution in [2.24, 2.45) is 0 Å². The number of rotatable bonds is 4. The zero-order valence-electron chi connectivity index (χ0n) is 13.6. The highest BCUT2D eigenvalue weighted by Gasteiger charge is 2.36. The number of aryl methyl sites for hydroxylation is 2. The molecule has 120 valence electrons. The number of morpholine rings is 1. The van der Waals surface area contributed by atoms with Gasteiger partial charge in [-0.05, 0) is 38.2 Å². The van der Waals surface area contributed by atoms with Gasteiger partial charge in [-0.3, -0.25) is 4.79 Å². The summed E-state index contributed by atoms with van der Waals surface area (Å²) < 4.78 is 5.85. The third-order valence-electron chi connectivity index (χ3n) is 5.03. The van der Waals surface area contributed by atoms with Gasteiger partial charge in [-0.1, -0.05) is 42.7 Å². The molecule has 2 unspecified atom stereocenters. The van der Waals surface area contributed by atoms with Crippen molar-refractivity contribution < 1.29 is 9.53 Å². The Morgan fingerprint density at radius 2 is 2.00 bits per heavy atom. The van der Waals surface area contributed by atoms with E-state index in [4.69, 9.17) is 4.74 Å². The summed E-state index contributed by atoms with van der Waals surface area (Å²) in [6.07, 6.45) is 7.61. The van der Waals surface area contributed by atoms with E-state index in [2.05, 4.69) is 36.1 Å². The Balaban J connectivity index is 1.49. The van der Waals surface area contributed by atoms with Crippen molar-refractivity contribution in [3.8, 4) is 0 Å². The zero-order valence-corrected chi connectivity index (χ0v) is 13.6. The smallest absolute Gasteiger partial charge is 0.222 e. The number of fused-ring (bicyclic) bond motifs is 1. The van der Waals surface area contributed by atoms with Gasteiger partial charge < -0.3 is 9.64 Å². The van der Waals surface area contributed by atoms with E-state index >= 15 is 0 Å². The lowest BCUT2D eigenvalue weighted by molar-refractivity contribution is -0.149. The van der Waals surface area contributed by atoms with E-state index < -0.39 is 0 Å². The average molecular weight is 301 g/mol. The van der Waals surface area contributed by atoms with E-state index in [0.717, 1.165) is 32.2 Å². The number of amides is 1. The fraction of sp³-hybridized carbons (Fsp3) is 0.632. The monoisotopic (exact) mass is 301 g/mol. The van der Waals surface area contributed by atoms with E-state index in [1.54, 1.807) is 0 Å². The van der Waals surface area contributed by atoms with E-state index in [-0.39, 0.29) is 0 Å². The molecular weight excluding hydrogens is 274 g/mol. The largest absolute Gasteiger partial charge is 0.374 e. The second-order valence-electron chi connectivity index (χ2n) is 6.69. The van der Waals surface area contributed by atoms with Gasteiger partial charge in [0.05, 0.1) is 18.8 Å². The van der Waals surface area contributed by atoms with Crippen LogP contribution < -0.4 is 0 Å². The van der Waals surface area contributed by atoms with Crippen LogP contribution in [0.4, 0.5) is 0 Å². The molecule has 1 amide bonds. The van der Waals surface area contributed by atoms with Crippen molar-refractivity contribution in [1.29, 1.82) is 0 Å². The van der Waals surface area contributed by atoms with Gasteiger partial charge in [-0.25, -0.2) is 0 Å². The van der Waals surface area contributed by atoms with Crippen LogP contribution in [0.3, 0.4) is 0 Å². The molecule has 3 rings (SSSR count). The Morgan fingerprint density at radius 1 is 1.23 bits per heavy atom. The van der Waals surface area contributed by atoms with Crippen molar-refractivity contribution in [2.45, 2.75) is 64.0 Å². The molecule has 0 bridgehead atoms. The van der Waals surface area contributed by atoms with Gasteiger partial charge >= 0.3 is 0 Å². The lowest BCUT2D eigenvalue weighted by Crippen LogP contribution is -2.54. The van der Waals surface area contributed by atoms with Crippen LogP contribution in [0, 0.1) is 6.92 Å². The average Bonchev–Trinajstić information content (AvgIpc) is 2.56. The summed E-state index contributed by atoms with van der Waals surface area (Å²) in [4.78, 5) is 14.7. The van der Waals surface area contributed by atoms with Crippen LogP contribution in [0.25, 0.3) is 0 Å². The minimum Gasteiger partial charge on any atom is -0.374 e. The van der Waals surface area contributed by atoms with Crippen LogP contribution in [0.15, 0.2) is 24.3 Å². The first-order valence-corrected chi connectivity index (χ1v) is 8.70. The second-order valence-corrected chi connectivity index (χ2v) is 6.69. The fourth-order valence-electron chi connectivity index (χ4n) is 3.75. The van der Waals surface area contributed by atoms with Gasteiger partial charge in [0.1, 0.15) is 0 Å². The quantitative estimate of drug-likeness (QED) is 0.852. The van der Waals surface area contributed by atoms with Crippen LogP contribution in [-0.4, -0.2) is 36.1 Å². The molecule has 1 aromatic rings. The van der Waals surface area contributed by atoms with Gasteiger partial charge in [-0.15, -0.1) is 0 Å². The SMILES string of the molecule is Cc1ccc(CCCC(=O)N2CCOC3CCCCC32)cc1. The Hall–Kier alpha value is -1.35. The summed E-state index contributed by atoms with van der Waals surface area (Å²) in [5.74, 6) is 0.326. The third-order valence-corrected chi connectivity index (χ3v) is 5.03. The Kier molecular flexibility index (Phi) is 5.14. The number of benzene rings is 1. The molecule has 3 heteroatoms. The number of carbonyl (C=O) groups excluding carboxylic acids is 1. The third kappa shape index (κ3) is 3.70. The zero-order chi connectivity index (χ0) is 15.4.